The molecule has 3 aromatic carbocycles. The molecule has 0 saturated carbocycles. The summed E-state index contributed by atoms with van der Waals surface area (Å²) in [7, 11) is 0. The van der Waals surface area contributed by atoms with E-state index in [1.54, 1.807) is 37.3 Å². The lowest BCUT2D eigenvalue weighted by Gasteiger charge is -2.37. The Morgan fingerprint density at radius 1 is 1.00 bits per heavy atom. The maximum absolute atomic E-state index is 13.8. The number of rotatable bonds is 8. The highest BCUT2D eigenvalue weighted by Crippen LogP contribution is 2.44. The highest BCUT2D eigenvalue weighted by atomic mass is 16.5. The first-order valence-electron chi connectivity index (χ1n) is 14.1. The predicted molar refractivity (Wildman–Crippen MR) is 166 cm³/mol. The van der Waals surface area contributed by atoms with Crippen LogP contribution in [-0.2, 0) is 29.2 Å². The molecule has 0 radical (unpaired) electrons. The molecule has 1 amide bonds. The van der Waals surface area contributed by atoms with Gasteiger partial charge in [0, 0.05) is 12.0 Å². The van der Waals surface area contributed by atoms with E-state index in [2.05, 4.69) is 5.32 Å². The number of benzene rings is 3. The molecule has 0 spiro atoms. The molecular formula is C33H34N4O7. The quantitative estimate of drug-likeness (QED) is 0.276. The molecule has 0 saturated heterocycles. The zero-order valence-electron chi connectivity index (χ0n) is 25.0. The number of nitrogens with zero attached hydrogens (tertiary/aromatic N) is 2. The Bertz CT molecular complexity index is 1880. The molecule has 0 bridgehead atoms. The van der Waals surface area contributed by atoms with Crippen molar-refractivity contribution in [2.24, 2.45) is 0 Å². The zero-order valence-corrected chi connectivity index (χ0v) is 25.0. The van der Waals surface area contributed by atoms with E-state index in [4.69, 9.17) is 15.2 Å². The molecule has 0 aliphatic carbocycles. The third kappa shape index (κ3) is 5.44. The number of carbonyl (C=O) groups excluding carboxylic acids is 1. The van der Waals surface area contributed by atoms with E-state index in [-0.39, 0.29) is 12.2 Å². The highest BCUT2D eigenvalue weighted by Gasteiger charge is 2.42. The van der Waals surface area contributed by atoms with Crippen LogP contribution in [0.2, 0.25) is 0 Å². The van der Waals surface area contributed by atoms with Crippen molar-refractivity contribution >= 4 is 23.4 Å². The summed E-state index contributed by atoms with van der Waals surface area (Å²) in [4.78, 5) is 51.8. The first-order chi connectivity index (χ1) is 20.9. The summed E-state index contributed by atoms with van der Waals surface area (Å²) in [5.41, 5.74) is 7.42. The van der Waals surface area contributed by atoms with Gasteiger partial charge in [-0.15, -0.1) is 0 Å². The number of ether oxygens (including phenoxy) is 2. The molecule has 2 heterocycles. The van der Waals surface area contributed by atoms with Crippen LogP contribution in [0.3, 0.4) is 0 Å². The molecule has 1 unspecified atom stereocenters. The van der Waals surface area contributed by atoms with Gasteiger partial charge in [-0.3, -0.25) is 14.4 Å². The second-order valence-corrected chi connectivity index (χ2v) is 11.1. The average molecular weight is 599 g/mol. The van der Waals surface area contributed by atoms with E-state index in [0.717, 1.165) is 38.1 Å². The fourth-order valence-electron chi connectivity index (χ4n) is 5.47. The van der Waals surface area contributed by atoms with Gasteiger partial charge in [0.2, 0.25) is 0 Å². The number of carboxylic acids is 1. The normalized spacial score (nSPS) is 15.6. The zero-order chi connectivity index (χ0) is 31.8. The number of fused-ring (bicyclic) bond motifs is 1. The van der Waals surface area contributed by atoms with Crippen LogP contribution in [0.1, 0.15) is 41.2 Å². The second-order valence-electron chi connectivity index (χ2n) is 11.1. The van der Waals surface area contributed by atoms with Crippen molar-refractivity contribution in [2.75, 3.05) is 11.1 Å². The topological polar surface area (TPSA) is 155 Å². The molecule has 4 N–H and O–H groups in total. The average Bonchev–Trinajstić information content (AvgIpc) is 3.01. The summed E-state index contributed by atoms with van der Waals surface area (Å²) in [6.07, 6.45) is 0.769. The number of nitrogens with one attached hydrogen (secondary N) is 1. The Morgan fingerprint density at radius 2 is 1.64 bits per heavy atom. The third-order valence-corrected chi connectivity index (χ3v) is 8.12. The van der Waals surface area contributed by atoms with Crippen LogP contribution in [0, 0.1) is 20.8 Å². The monoisotopic (exact) mass is 598 g/mol. The number of carbonyl (C=O) groups is 2. The fourth-order valence-corrected chi connectivity index (χ4v) is 5.47. The van der Waals surface area contributed by atoms with Crippen LogP contribution < -0.4 is 31.8 Å². The summed E-state index contributed by atoms with van der Waals surface area (Å²) >= 11 is 0. The van der Waals surface area contributed by atoms with Gasteiger partial charge in [0.1, 0.15) is 36.2 Å². The molecule has 1 atom stereocenters. The summed E-state index contributed by atoms with van der Waals surface area (Å²) in [5.74, 6) is -1.05. The summed E-state index contributed by atoms with van der Waals surface area (Å²) in [6, 6.07) is 18.1. The van der Waals surface area contributed by atoms with Crippen molar-refractivity contribution in [2.45, 2.75) is 59.3 Å². The lowest BCUT2D eigenvalue weighted by Crippen LogP contribution is -2.50. The van der Waals surface area contributed by atoms with E-state index in [1.165, 1.54) is 0 Å². The van der Waals surface area contributed by atoms with Gasteiger partial charge < -0.3 is 25.6 Å². The Labute approximate surface area is 253 Å². The van der Waals surface area contributed by atoms with Crippen LogP contribution in [-0.4, -0.2) is 31.7 Å². The minimum Gasteiger partial charge on any atom is -0.488 e. The molecule has 1 aromatic heterocycles. The summed E-state index contributed by atoms with van der Waals surface area (Å²) in [6.45, 7) is 6.93. The summed E-state index contributed by atoms with van der Waals surface area (Å²) in [5, 5.41) is 12.0. The third-order valence-electron chi connectivity index (χ3n) is 8.12. The summed E-state index contributed by atoms with van der Waals surface area (Å²) < 4.78 is 14.2. The van der Waals surface area contributed by atoms with Crippen LogP contribution in [0.5, 0.6) is 11.5 Å². The molecule has 5 rings (SSSR count). The molecule has 44 heavy (non-hydrogen) atoms. The van der Waals surface area contributed by atoms with Gasteiger partial charge >= 0.3 is 11.7 Å². The van der Waals surface area contributed by atoms with Gasteiger partial charge in [-0.1, -0.05) is 48.5 Å². The van der Waals surface area contributed by atoms with Crippen molar-refractivity contribution in [1.82, 2.24) is 9.13 Å². The van der Waals surface area contributed by atoms with Crippen molar-refractivity contribution in [3.05, 3.63) is 109 Å². The van der Waals surface area contributed by atoms with E-state index < -0.39 is 41.0 Å². The van der Waals surface area contributed by atoms with Crippen molar-refractivity contribution in [3.8, 4) is 17.2 Å². The van der Waals surface area contributed by atoms with Gasteiger partial charge in [0.05, 0.1) is 5.69 Å². The molecule has 1 aliphatic rings. The highest BCUT2D eigenvalue weighted by molar-refractivity contribution is 5.99. The van der Waals surface area contributed by atoms with E-state index in [9.17, 15) is 24.3 Å². The number of carboxylic acid groups (broad SMARTS) is 1. The number of anilines is 2. The molecular weight excluding hydrogens is 564 g/mol. The van der Waals surface area contributed by atoms with Gasteiger partial charge in [0.15, 0.2) is 5.60 Å². The van der Waals surface area contributed by atoms with Gasteiger partial charge in [-0.25, -0.2) is 13.9 Å². The number of aliphatic carboxylic acids is 1. The maximum atomic E-state index is 13.8. The Kier molecular flexibility index (Phi) is 8.05. The molecule has 11 heteroatoms. The lowest BCUT2D eigenvalue weighted by molar-refractivity contribution is -0.137. The number of aromatic nitrogens is 2. The number of amides is 1. The largest absolute Gasteiger partial charge is 0.488 e. The van der Waals surface area contributed by atoms with Crippen LogP contribution in [0.25, 0.3) is 5.69 Å². The Hall–Kier alpha value is -5.32. The van der Waals surface area contributed by atoms with E-state index in [0.29, 0.717) is 29.0 Å². The molecule has 11 nitrogen and oxygen atoms in total. The standard InChI is InChI=1S/C33H34N4O7/c1-19-20(2)28-24(21(3)27(19)43-18-22-11-7-5-8-12-22)15-16-33(4,44-28)31(41)35-26-29(34)37(23-13-9-6-10-14-23)32(42)36(30(26)40)17-25(38)39/h5-14H,15-18,34H2,1-4H3,(H,35,41)(H,38,39). The number of hydrogen-bond donors (Lipinski definition) is 3. The fraction of sp³-hybridized carbons (Fsp3) is 0.273. The van der Waals surface area contributed by atoms with Crippen LogP contribution >= 0.6 is 0 Å². The van der Waals surface area contributed by atoms with Crippen LogP contribution in [0.15, 0.2) is 70.3 Å². The van der Waals surface area contributed by atoms with Crippen molar-refractivity contribution in [3.63, 3.8) is 0 Å². The number of para-hydroxylation sites is 1. The smallest absolute Gasteiger partial charge is 0.337 e. The molecule has 1 aliphatic heterocycles. The SMILES string of the molecule is Cc1c(C)c2c(c(C)c1OCc1ccccc1)CCC(C)(C(=O)Nc1c(N)n(-c3ccccc3)c(=O)n(CC(=O)O)c1=O)O2. The van der Waals surface area contributed by atoms with E-state index in [1.807, 2.05) is 51.1 Å². The minimum atomic E-state index is -1.41. The maximum Gasteiger partial charge on any atom is 0.337 e. The first-order valence-corrected chi connectivity index (χ1v) is 14.1. The number of nitrogen functional groups attached to an aromatic ring is 1. The molecule has 0 fully saturated rings. The number of hydrogen-bond acceptors (Lipinski definition) is 7. The van der Waals surface area contributed by atoms with Crippen molar-refractivity contribution in [1.29, 1.82) is 0 Å². The predicted octanol–water partition coefficient (Wildman–Crippen LogP) is 3.89. The lowest BCUT2D eigenvalue weighted by atomic mass is 9.86. The van der Waals surface area contributed by atoms with E-state index >= 15 is 0 Å². The molecule has 4 aromatic rings. The number of nitrogens with two attached hydrogens (primary N) is 1. The van der Waals surface area contributed by atoms with Gasteiger partial charge in [-0.05, 0) is 68.5 Å². The minimum absolute atomic E-state index is 0.273. The van der Waals surface area contributed by atoms with Gasteiger partial charge in [0.25, 0.3) is 11.5 Å². The first kappa shape index (κ1) is 30.1. The molecule has 228 valence electrons. The second kappa shape index (κ2) is 11.8. The van der Waals surface area contributed by atoms with Crippen LogP contribution in [0.4, 0.5) is 11.5 Å². The van der Waals surface area contributed by atoms with Gasteiger partial charge in [-0.2, -0.15) is 0 Å². The Morgan fingerprint density at radius 3 is 2.27 bits per heavy atom. The van der Waals surface area contributed by atoms with Crippen molar-refractivity contribution < 1.29 is 24.2 Å². The Balaban J connectivity index is 1.49.